The van der Waals surface area contributed by atoms with Gasteiger partial charge < -0.3 is 15.0 Å². The topological polar surface area (TPSA) is 58.6 Å². The zero-order valence-electron chi connectivity index (χ0n) is 14.9. The van der Waals surface area contributed by atoms with Crippen molar-refractivity contribution in [3.63, 3.8) is 0 Å². The van der Waals surface area contributed by atoms with Crippen LogP contribution in [-0.4, -0.2) is 29.5 Å². The molecule has 0 aliphatic carbocycles. The van der Waals surface area contributed by atoms with Crippen molar-refractivity contribution in [3.8, 4) is 0 Å². The minimum Gasteiger partial charge on any atom is -0.445 e. The average Bonchev–Trinajstić information content (AvgIpc) is 3.02. The number of carbonyl (C=O) groups is 2. The monoisotopic (exact) mass is 352 g/mol. The highest BCUT2D eigenvalue weighted by Gasteiger charge is 2.36. The SMILES string of the molecule is C[C@H](NC(=O)OCc1ccccc1)[C@@H]1CCN(Cc2ccccc2)C1=O. The Morgan fingerprint density at radius 2 is 1.73 bits per heavy atom. The number of nitrogens with one attached hydrogen (secondary N) is 1. The summed E-state index contributed by atoms with van der Waals surface area (Å²) in [6, 6.07) is 19.2. The summed E-state index contributed by atoms with van der Waals surface area (Å²) in [5, 5.41) is 2.80. The van der Waals surface area contributed by atoms with E-state index in [4.69, 9.17) is 4.74 Å². The molecule has 0 unspecified atom stereocenters. The number of hydrogen-bond acceptors (Lipinski definition) is 3. The highest BCUT2D eigenvalue weighted by atomic mass is 16.5. The summed E-state index contributed by atoms with van der Waals surface area (Å²) in [5.41, 5.74) is 2.05. The van der Waals surface area contributed by atoms with Crippen molar-refractivity contribution in [1.29, 1.82) is 0 Å². The Bertz CT molecular complexity index is 733. The van der Waals surface area contributed by atoms with Crippen LogP contribution < -0.4 is 5.32 Å². The van der Waals surface area contributed by atoms with E-state index in [2.05, 4.69) is 5.32 Å². The first-order valence-electron chi connectivity index (χ1n) is 8.93. The Morgan fingerprint density at radius 3 is 2.38 bits per heavy atom. The molecule has 0 radical (unpaired) electrons. The molecule has 1 aliphatic heterocycles. The Labute approximate surface area is 154 Å². The van der Waals surface area contributed by atoms with E-state index in [1.54, 1.807) is 0 Å². The molecule has 1 heterocycles. The van der Waals surface area contributed by atoms with E-state index in [0.717, 1.165) is 17.5 Å². The normalized spacial score (nSPS) is 17.8. The molecular weight excluding hydrogens is 328 g/mol. The van der Waals surface area contributed by atoms with Crippen LogP contribution in [0.1, 0.15) is 24.5 Å². The molecule has 1 fully saturated rings. The third kappa shape index (κ3) is 4.63. The van der Waals surface area contributed by atoms with Crippen molar-refractivity contribution in [2.45, 2.75) is 32.5 Å². The van der Waals surface area contributed by atoms with Crippen LogP contribution >= 0.6 is 0 Å². The van der Waals surface area contributed by atoms with Gasteiger partial charge in [-0.2, -0.15) is 0 Å². The number of likely N-dealkylation sites (tertiary alicyclic amines) is 1. The van der Waals surface area contributed by atoms with Crippen LogP contribution in [0, 0.1) is 5.92 Å². The maximum absolute atomic E-state index is 12.6. The van der Waals surface area contributed by atoms with Gasteiger partial charge in [0, 0.05) is 19.1 Å². The van der Waals surface area contributed by atoms with Gasteiger partial charge in [-0.25, -0.2) is 4.79 Å². The van der Waals surface area contributed by atoms with Gasteiger partial charge in [0.15, 0.2) is 0 Å². The number of nitrogens with zero attached hydrogens (tertiary/aromatic N) is 1. The Hall–Kier alpha value is -2.82. The second-order valence-electron chi connectivity index (χ2n) is 6.64. The molecule has 1 N–H and O–H groups in total. The second-order valence-corrected chi connectivity index (χ2v) is 6.64. The predicted octanol–water partition coefficient (Wildman–Crippen LogP) is 3.35. The maximum Gasteiger partial charge on any atom is 0.407 e. The number of hydrogen-bond donors (Lipinski definition) is 1. The molecule has 1 saturated heterocycles. The quantitative estimate of drug-likeness (QED) is 0.867. The second kappa shape index (κ2) is 8.52. The zero-order valence-corrected chi connectivity index (χ0v) is 14.9. The average molecular weight is 352 g/mol. The van der Waals surface area contributed by atoms with Gasteiger partial charge in [0.1, 0.15) is 6.61 Å². The van der Waals surface area contributed by atoms with E-state index in [1.165, 1.54) is 0 Å². The molecule has 1 aliphatic rings. The summed E-state index contributed by atoms with van der Waals surface area (Å²) >= 11 is 0. The Morgan fingerprint density at radius 1 is 1.12 bits per heavy atom. The Kier molecular flexibility index (Phi) is 5.89. The largest absolute Gasteiger partial charge is 0.445 e. The molecular formula is C21H24N2O3. The molecule has 5 nitrogen and oxygen atoms in total. The van der Waals surface area contributed by atoms with Gasteiger partial charge in [0.05, 0.1) is 5.92 Å². The van der Waals surface area contributed by atoms with Crippen LogP contribution in [-0.2, 0) is 22.7 Å². The summed E-state index contributed by atoms with van der Waals surface area (Å²) in [5.74, 6) is -0.118. The van der Waals surface area contributed by atoms with Gasteiger partial charge >= 0.3 is 6.09 Å². The lowest BCUT2D eigenvalue weighted by Crippen LogP contribution is -2.41. The van der Waals surface area contributed by atoms with E-state index in [0.29, 0.717) is 13.1 Å². The van der Waals surface area contributed by atoms with Crippen LogP contribution in [0.25, 0.3) is 0 Å². The van der Waals surface area contributed by atoms with E-state index in [-0.39, 0.29) is 24.5 Å². The van der Waals surface area contributed by atoms with E-state index in [1.807, 2.05) is 72.5 Å². The number of carbonyl (C=O) groups excluding carboxylic acids is 2. The van der Waals surface area contributed by atoms with Crippen molar-refractivity contribution in [2.75, 3.05) is 6.54 Å². The minimum absolute atomic E-state index is 0.0877. The van der Waals surface area contributed by atoms with Gasteiger partial charge in [-0.1, -0.05) is 60.7 Å². The highest BCUT2D eigenvalue weighted by molar-refractivity contribution is 5.82. The van der Waals surface area contributed by atoms with Crippen molar-refractivity contribution in [1.82, 2.24) is 10.2 Å². The first-order valence-corrected chi connectivity index (χ1v) is 8.93. The van der Waals surface area contributed by atoms with Crippen LogP contribution in [0.3, 0.4) is 0 Å². The van der Waals surface area contributed by atoms with Crippen LogP contribution in [0.15, 0.2) is 60.7 Å². The van der Waals surface area contributed by atoms with Crippen molar-refractivity contribution in [3.05, 3.63) is 71.8 Å². The van der Waals surface area contributed by atoms with Gasteiger partial charge in [-0.3, -0.25) is 4.79 Å². The fourth-order valence-electron chi connectivity index (χ4n) is 3.24. The summed E-state index contributed by atoms with van der Waals surface area (Å²) in [6.45, 7) is 3.40. The standard InChI is InChI=1S/C21H24N2O3/c1-16(22-21(25)26-15-18-10-6-3-7-11-18)19-12-13-23(20(19)24)14-17-8-4-2-5-9-17/h2-11,16,19H,12-15H2,1H3,(H,22,25)/t16-,19-/m0/s1. The molecule has 0 aromatic heterocycles. The third-order valence-electron chi connectivity index (χ3n) is 4.72. The van der Waals surface area contributed by atoms with Gasteiger partial charge in [-0.15, -0.1) is 0 Å². The molecule has 0 bridgehead atoms. The van der Waals surface area contributed by atoms with Crippen molar-refractivity contribution in [2.24, 2.45) is 5.92 Å². The van der Waals surface area contributed by atoms with Crippen LogP contribution in [0.2, 0.25) is 0 Å². The number of amides is 2. The number of rotatable bonds is 6. The number of alkyl carbamates (subject to hydrolysis) is 1. The lowest BCUT2D eigenvalue weighted by atomic mass is 10.00. The summed E-state index contributed by atoms with van der Waals surface area (Å²) in [4.78, 5) is 26.5. The van der Waals surface area contributed by atoms with E-state index < -0.39 is 6.09 Å². The smallest absolute Gasteiger partial charge is 0.407 e. The van der Waals surface area contributed by atoms with Crippen molar-refractivity contribution < 1.29 is 14.3 Å². The minimum atomic E-state index is -0.490. The van der Waals surface area contributed by atoms with Crippen molar-refractivity contribution >= 4 is 12.0 Å². The molecule has 2 atom stereocenters. The molecule has 136 valence electrons. The van der Waals surface area contributed by atoms with Gasteiger partial charge in [0.25, 0.3) is 0 Å². The van der Waals surface area contributed by atoms with Gasteiger partial charge in [-0.05, 0) is 24.5 Å². The summed E-state index contributed by atoms with van der Waals surface area (Å²) in [6.07, 6.45) is 0.252. The highest BCUT2D eigenvalue weighted by Crippen LogP contribution is 2.23. The molecule has 0 spiro atoms. The molecule has 3 rings (SSSR count). The summed E-state index contributed by atoms with van der Waals surface area (Å²) < 4.78 is 5.24. The zero-order chi connectivity index (χ0) is 18.4. The lowest BCUT2D eigenvalue weighted by molar-refractivity contribution is -0.132. The molecule has 2 aromatic carbocycles. The maximum atomic E-state index is 12.6. The van der Waals surface area contributed by atoms with Gasteiger partial charge in [0.2, 0.25) is 5.91 Å². The fourth-order valence-corrected chi connectivity index (χ4v) is 3.24. The lowest BCUT2D eigenvalue weighted by Gasteiger charge is -2.21. The van der Waals surface area contributed by atoms with E-state index in [9.17, 15) is 9.59 Å². The van der Waals surface area contributed by atoms with E-state index >= 15 is 0 Å². The summed E-state index contributed by atoms with van der Waals surface area (Å²) in [7, 11) is 0. The predicted molar refractivity (Wildman–Crippen MR) is 99.2 cm³/mol. The molecule has 0 saturated carbocycles. The Balaban J connectivity index is 1.48. The van der Waals surface area contributed by atoms with Crippen LogP contribution in [0.5, 0.6) is 0 Å². The molecule has 5 heteroatoms. The molecule has 26 heavy (non-hydrogen) atoms. The third-order valence-corrected chi connectivity index (χ3v) is 4.72. The molecule has 2 aromatic rings. The fraction of sp³-hybridized carbons (Fsp3) is 0.333. The first-order chi connectivity index (χ1) is 12.6. The number of benzene rings is 2. The number of ether oxygens (including phenoxy) is 1. The van der Waals surface area contributed by atoms with Crippen LogP contribution in [0.4, 0.5) is 4.79 Å². The first kappa shape index (κ1) is 18.0. The molecule has 2 amide bonds.